The highest BCUT2D eigenvalue weighted by Crippen LogP contribution is 2.35. The van der Waals surface area contributed by atoms with E-state index in [1.807, 2.05) is 54.6 Å². The van der Waals surface area contributed by atoms with Crippen LogP contribution in [0.5, 0.6) is 0 Å². The van der Waals surface area contributed by atoms with Crippen LogP contribution in [0.1, 0.15) is 28.2 Å². The van der Waals surface area contributed by atoms with Gasteiger partial charge in [0.25, 0.3) is 0 Å². The zero-order valence-electron chi connectivity index (χ0n) is 18.1. The number of hydrogen-bond donors (Lipinski definition) is 1. The summed E-state index contributed by atoms with van der Waals surface area (Å²) in [6, 6.07) is 28.4. The maximum absolute atomic E-state index is 13.2. The van der Waals surface area contributed by atoms with Crippen LogP contribution in [0.2, 0.25) is 10.0 Å². The zero-order valence-corrected chi connectivity index (χ0v) is 19.6. The van der Waals surface area contributed by atoms with Crippen LogP contribution in [-0.2, 0) is 6.54 Å². The Morgan fingerprint density at radius 2 is 1.29 bits per heavy atom. The number of hydrogen-bond acceptors (Lipinski definition) is 3. The van der Waals surface area contributed by atoms with Gasteiger partial charge < -0.3 is 5.32 Å². The van der Waals surface area contributed by atoms with E-state index in [4.69, 9.17) is 23.2 Å². The number of rotatable bonds is 6. The molecular weight excluding hydrogens is 468 g/mol. The number of benzene rings is 4. The lowest BCUT2D eigenvalue weighted by Crippen LogP contribution is -2.05. The third-order valence-corrected chi connectivity index (χ3v) is 6.28. The molecule has 0 fully saturated rings. The van der Waals surface area contributed by atoms with Gasteiger partial charge in [0.05, 0.1) is 5.52 Å². The first-order valence-electron chi connectivity index (χ1n) is 10.8. The molecule has 0 unspecified atom stereocenters. The first-order valence-corrected chi connectivity index (χ1v) is 11.6. The van der Waals surface area contributed by atoms with E-state index in [0.29, 0.717) is 16.6 Å². The van der Waals surface area contributed by atoms with Gasteiger partial charge in [-0.2, -0.15) is 0 Å². The summed E-state index contributed by atoms with van der Waals surface area (Å²) in [6.45, 7) is 0.522. The van der Waals surface area contributed by atoms with Gasteiger partial charge in [0, 0.05) is 27.9 Å². The van der Waals surface area contributed by atoms with Gasteiger partial charge >= 0.3 is 0 Å². The number of nitrogens with zero attached hydrogens (tertiary/aromatic N) is 2. The van der Waals surface area contributed by atoms with Gasteiger partial charge in [0.15, 0.2) is 0 Å². The summed E-state index contributed by atoms with van der Waals surface area (Å²) in [5, 5.41) is 5.67. The summed E-state index contributed by atoms with van der Waals surface area (Å²) in [4.78, 5) is 8.92. The fourth-order valence-electron chi connectivity index (χ4n) is 4.07. The van der Waals surface area contributed by atoms with Gasteiger partial charge in [-0.3, -0.25) is 0 Å². The Kier molecular flexibility index (Phi) is 6.43. The molecule has 0 bridgehead atoms. The van der Waals surface area contributed by atoms with E-state index in [1.165, 1.54) is 12.1 Å². The maximum Gasteiger partial charge on any atom is 0.137 e. The van der Waals surface area contributed by atoms with Gasteiger partial charge in [0.1, 0.15) is 18.0 Å². The van der Waals surface area contributed by atoms with Crippen LogP contribution in [0.4, 0.5) is 10.2 Å². The summed E-state index contributed by atoms with van der Waals surface area (Å²) in [7, 11) is 0. The zero-order chi connectivity index (χ0) is 23.5. The highest BCUT2D eigenvalue weighted by Gasteiger charge is 2.18. The molecular formula is C28H20Cl2FN3. The number of anilines is 1. The van der Waals surface area contributed by atoms with E-state index in [0.717, 1.165) is 39.0 Å². The second-order valence-electron chi connectivity index (χ2n) is 8.01. The van der Waals surface area contributed by atoms with Crippen LogP contribution < -0.4 is 5.32 Å². The molecule has 0 amide bonds. The normalized spacial score (nSPS) is 11.2. The summed E-state index contributed by atoms with van der Waals surface area (Å²) < 4.78 is 13.2. The standard InChI is InChI=1S/C28H20Cl2FN3/c29-22-8-3-19(4-9-22)27(20-5-10-23(30)11-6-20)21-7-14-26-25(15-21)28(34-17-33-26)32-16-18-1-12-24(31)13-2-18/h1-15,17,27H,16H2,(H,32,33,34). The molecule has 0 saturated heterocycles. The van der Waals surface area contributed by atoms with Crippen molar-refractivity contribution in [3.8, 4) is 0 Å². The van der Waals surface area contributed by atoms with Crippen molar-refractivity contribution in [1.29, 1.82) is 0 Å². The molecule has 0 aliphatic rings. The molecule has 0 atom stereocenters. The summed E-state index contributed by atoms with van der Waals surface area (Å²) >= 11 is 12.3. The minimum absolute atomic E-state index is 0.0240. The van der Waals surface area contributed by atoms with Crippen LogP contribution in [0.3, 0.4) is 0 Å². The fraction of sp³-hybridized carbons (Fsp3) is 0.0714. The third-order valence-electron chi connectivity index (χ3n) is 5.77. The number of nitrogens with one attached hydrogen (secondary N) is 1. The van der Waals surface area contributed by atoms with Crippen molar-refractivity contribution < 1.29 is 4.39 Å². The third kappa shape index (κ3) is 4.89. The summed E-state index contributed by atoms with van der Waals surface area (Å²) in [5.41, 5.74) is 5.13. The van der Waals surface area contributed by atoms with E-state index in [1.54, 1.807) is 18.5 Å². The first-order chi connectivity index (χ1) is 16.6. The van der Waals surface area contributed by atoms with Gasteiger partial charge in [-0.25, -0.2) is 14.4 Å². The van der Waals surface area contributed by atoms with E-state index in [-0.39, 0.29) is 11.7 Å². The van der Waals surface area contributed by atoms with Crippen molar-refractivity contribution in [2.45, 2.75) is 12.5 Å². The molecule has 0 saturated carbocycles. The van der Waals surface area contributed by atoms with E-state index in [2.05, 4.69) is 27.4 Å². The molecule has 1 aromatic heterocycles. The second kappa shape index (κ2) is 9.80. The van der Waals surface area contributed by atoms with E-state index in [9.17, 15) is 4.39 Å². The molecule has 34 heavy (non-hydrogen) atoms. The Bertz CT molecular complexity index is 1370. The number of halogens is 3. The van der Waals surface area contributed by atoms with Gasteiger partial charge in [-0.15, -0.1) is 0 Å². The van der Waals surface area contributed by atoms with Crippen LogP contribution in [-0.4, -0.2) is 9.97 Å². The summed E-state index contributed by atoms with van der Waals surface area (Å²) in [5.74, 6) is 0.447. The van der Waals surface area contributed by atoms with Crippen LogP contribution in [0.15, 0.2) is 97.3 Å². The monoisotopic (exact) mass is 487 g/mol. The van der Waals surface area contributed by atoms with Crippen molar-refractivity contribution in [2.24, 2.45) is 0 Å². The van der Waals surface area contributed by atoms with Crippen LogP contribution >= 0.6 is 23.2 Å². The Hall–Kier alpha value is -3.47. The van der Waals surface area contributed by atoms with Crippen LogP contribution in [0, 0.1) is 5.82 Å². The second-order valence-corrected chi connectivity index (χ2v) is 8.89. The minimum atomic E-state index is -0.253. The fourth-order valence-corrected chi connectivity index (χ4v) is 4.32. The Labute approximate surface area is 207 Å². The lowest BCUT2D eigenvalue weighted by Gasteiger charge is -2.20. The van der Waals surface area contributed by atoms with Crippen molar-refractivity contribution in [2.75, 3.05) is 5.32 Å². The molecule has 6 heteroatoms. The van der Waals surface area contributed by atoms with Crippen molar-refractivity contribution in [1.82, 2.24) is 9.97 Å². The SMILES string of the molecule is Fc1ccc(CNc2ncnc3ccc(C(c4ccc(Cl)cc4)c4ccc(Cl)cc4)cc23)cc1. The van der Waals surface area contributed by atoms with Crippen molar-refractivity contribution in [3.05, 3.63) is 135 Å². The van der Waals surface area contributed by atoms with Gasteiger partial charge in [-0.05, 0) is 70.8 Å². The molecule has 0 radical (unpaired) electrons. The topological polar surface area (TPSA) is 37.8 Å². The quantitative estimate of drug-likeness (QED) is 0.247. The van der Waals surface area contributed by atoms with E-state index < -0.39 is 0 Å². The van der Waals surface area contributed by atoms with E-state index >= 15 is 0 Å². The molecule has 3 nitrogen and oxygen atoms in total. The molecule has 4 aromatic carbocycles. The molecule has 0 aliphatic carbocycles. The maximum atomic E-state index is 13.2. The molecule has 1 N–H and O–H groups in total. The highest BCUT2D eigenvalue weighted by molar-refractivity contribution is 6.30. The average Bonchev–Trinajstić information content (AvgIpc) is 2.86. The van der Waals surface area contributed by atoms with Gasteiger partial charge in [-0.1, -0.05) is 65.7 Å². The largest absolute Gasteiger partial charge is 0.365 e. The minimum Gasteiger partial charge on any atom is -0.365 e. The molecule has 1 heterocycles. The first kappa shape index (κ1) is 22.3. The Morgan fingerprint density at radius 1 is 0.706 bits per heavy atom. The smallest absolute Gasteiger partial charge is 0.137 e. The predicted molar refractivity (Wildman–Crippen MR) is 137 cm³/mol. The lowest BCUT2D eigenvalue weighted by atomic mass is 9.85. The van der Waals surface area contributed by atoms with Crippen LogP contribution in [0.25, 0.3) is 10.9 Å². The van der Waals surface area contributed by atoms with Crippen molar-refractivity contribution in [3.63, 3.8) is 0 Å². The number of aromatic nitrogens is 2. The molecule has 0 aliphatic heterocycles. The Balaban J connectivity index is 1.56. The molecule has 5 aromatic rings. The predicted octanol–water partition coefficient (Wildman–Crippen LogP) is 7.87. The average molecular weight is 488 g/mol. The number of fused-ring (bicyclic) bond motifs is 1. The van der Waals surface area contributed by atoms with Gasteiger partial charge in [0.2, 0.25) is 0 Å². The summed E-state index contributed by atoms with van der Waals surface area (Å²) in [6.07, 6.45) is 1.55. The Morgan fingerprint density at radius 3 is 1.91 bits per heavy atom. The molecule has 5 rings (SSSR count). The molecule has 168 valence electrons. The molecule has 0 spiro atoms. The lowest BCUT2D eigenvalue weighted by molar-refractivity contribution is 0.627. The highest BCUT2D eigenvalue weighted by atomic mass is 35.5. The van der Waals surface area contributed by atoms with Crippen molar-refractivity contribution >= 4 is 39.9 Å².